The van der Waals surface area contributed by atoms with E-state index in [1.165, 1.54) is 0 Å². The van der Waals surface area contributed by atoms with Gasteiger partial charge >= 0.3 is 0 Å². The topological polar surface area (TPSA) is 52.3 Å². The van der Waals surface area contributed by atoms with Crippen LogP contribution < -0.4 is 10.5 Å². The van der Waals surface area contributed by atoms with Gasteiger partial charge in [-0.05, 0) is 35.9 Å². The molecule has 2 N–H and O–H groups in total. The van der Waals surface area contributed by atoms with Crippen molar-refractivity contribution < 1.29 is 8.95 Å². The molecule has 0 saturated carbocycles. The summed E-state index contributed by atoms with van der Waals surface area (Å²) in [4.78, 5) is 0. The van der Waals surface area contributed by atoms with E-state index in [4.69, 9.17) is 22.1 Å². The van der Waals surface area contributed by atoms with Gasteiger partial charge in [-0.2, -0.15) is 0 Å². The molecule has 0 bridgehead atoms. The van der Waals surface area contributed by atoms with Gasteiger partial charge in [0, 0.05) is 21.5 Å². The van der Waals surface area contributed by atoms with Gasteiger partial charge in [0.2, 0.25) is 0 Å². The second-order valence-electron chi connectivity index (χ2n) is 4.30. The number of ether oxygens (including phenoxy) is 1. The third kappa shape index (κ3) is 4.54. The first-order valence-corrected chi connectivity index (χ1v) is 8.08. The first kappa shape index (κ1) is 14.9. The second kappa shape index (κ2) is 7.31. The quantitative estimate of drug-likeness (QED) is 0.833. The molecule has 0 aromatic heterocycles. The molecule has 0 radical (unpaired) electrons. The Kier molecular flexibility index (Phi) is 5.44. The van der Waals surface area contributed by atoms with Gasteiger partial charge in [-0.25, -0.2) is 0 Å². The Bertz CT molecular complexity index is 587. The van der Waals surface area contributed by atoms with Crippen LogP contribution in [-0.4, -0.2) is 16.6 Å². The van der Waals surface area contributed by atoms with Gasteiger partial charge in [0.1, 0.15) is 5.75 Å². The summed E-state index contributed by atoms with van der Waals surface area (Å²) in [6.07, 6.45) is 0. The zero-order chi connectivity index (χ0) is 14.4. The Hall–Kier alpha value is -1.52. The average molecular weight is 310 g/mol. The molecule has 0 aliphatic carbocycles. The number of benzene rings is 2. The second-order valence-corrected chi connectivity index (χ2v) is 6.28. The third-order valence-corrected chi connectivity index (χ3v) is 4.36. The number of rotatable bonds is 6. The lowest BCUT2D eigenvalue weighted by molar-refractivity contribution is 0.342. The molecule has 0 heterocycles. The van der Waals surface area contributed by atoms with Crippen molar-refractivity contribution in [2.45, 2.75) is 5.75 Å². The highest BCUT2D eigenvalue weighted by atomic mass is 35.5. The van der Waals surface area contributed by atoms with Crippen LogP contribution in [0.2, 0.25) is 5.02 Å². The Morgan fingerprint density at radius 2 is 1.80 bits per heavy atom. The maximum absolute atomic E-state index is 12.0. The van der Waals surface area contributed by atoms with Crippen LogP contribution in [0.5, 0.6) is 5.75 Å². The highest BCUT2D eigenvalue weighted by Gasteiger charge is 2.05. The molecular formula is C15H16ClNO2S. The lowest BCUT2D eigenvalue weighted by Gasteiger charge is -2.07. The molecular weight excluding hydrogens is 294 g/mol. The van der Waals surface area contributed by atoms with Crippen LogP contribution in [0.3, 0.4) is 0 Å². The molecule has 0 fully saturated rings. The van der Waals surface area contributed by atoms with E-state index in [1.807, 2.05) is 18.2 Å². The monoisotopic (exact) mass is 309 g/mol. The van der Waals surface area contributed by atoms with Gasteiger partial charge in [-0.1, -0.05) is 29.8 Å². The number of hydrogen-bond donors (Lipinski definition) is 1. The summed E-state index contributed by atoms with van der Waals surface area (Å²) >= 11 is 6.04. The highest BCUT2D eigenvalue weighted by molar-refractivity contribution is 7.84. The summed E-state index contributed by atoms with van der Waals surface area (Å²) in [6, 6.07) is 14.6. The SMILES string of the molecule is Nc1ccc(OCCS(=O)Cc2ccccc2Cl)cc1. The molecule has 0 spiro atoms. The van der Waals surface area contributed by atoms with Gasteiger partial charge in [-0.15, -0.1) is 0 Å². The Labute approximate surface area is 126 Å². The van der Waals surface area contributed by atoms with Crippen molar-refractivity contribution in [3.63, 3.8) is 0 Å². The lowest BCUT2D eigenvalue weighted by Crippen LogP contribution is -2.10. The van der Waals surface area contributed by atoms with Crippen LogP contribution in [0, 0.1) is 0 Å². The molecule has 2 aromatic rings. The predicted octanol–water partition coefficient (Wildman–Crippen LogP) is 3.25. The van der Waals surface area contributed by atoms with Gasteiger partial charge in [0.15, 0.2) is 0 Å². The van der Waals surface area contributed by atoms with Gasteiger partial charge < -0.3 is 10.5 Å². The Morgan fingerprint density at radius 3 is 2.50 bits per heavy atom. The molecule has 0 aliphatic rings. The van der Waals surface area contributed by atoms with Crippen molar-refractivity contribution in [3.8, 4) is 5.75 Å². The van der Waals surface area contributed by atoms with Crippen LogP contribution in [0.15, 0.2) is 48.5 Å². The standard InChI is InChI=1S/C15H16ClNO2S/c16-15-4-2-1-3-12(15)11-20(18)10-9-19-14-7-5-13(17)6-8-14/h1-8H,9-11,17H2. The fourth-order valence-electron chi connectivity index (χ4n) is 1.68. The van der Waals surface area contributed by atoms with Crippen molar-refractivity contribution in [1.82, 2.24) is 0 Å². The number of nitrogens with two attached hydrogens (primary N) is 1. The normalized spacial score (nSPS) is 12.1. The maximum atomic E-state index is 12.0. The minimum Gasteiger partial charge on any atom is -0.493 e. The molecule has 2 aromatic carbocycles. The third-order valence-electron chi connectivity index (χ3n) is 2.73. The first-order valence-electron chi connectivity index (χ1n) is 6.22. The smallest absolute Gasteiger partial charge is 0.119 e. The molecule has 0 saturated heterocycles. The van der Waals surface area contributed by atoms with E-state index >= 15 is 0 Å². The van der Waals surface area contributed by atoms with E-state index in [0.717, 1.165) is 11.3 Å². The van der Waals surface area contributed by atoms with E-state index < -0.39 is 10.8 Å². The molecule has 1 unspecified atom stereocenters. The number of halogens is 1. The number of nitrogen functional groups attached to an aromatic ring is 1. The zero-order valence-electron chi connectivity index (χ0n) is 10.9. The minimum atomic E-state index is -0.993. The van der Waals surface area contributed by atoms with Crippen LogP contribution in [0.25, 0.3) is 0 Å². The van der Waals surface area contributed by atoms with E-state index in [-0.39, 0.29) is 0 Å². The molecule has 5 heteroatoms. The van der Waals surface area contributed by atoms with Crippen LogP contribution in [0.4, 0.5) is 5.69 Å². The fourth-order valence-corrected chi connectivity index (χ4v) is 2.97. The summed E-state index contributed by atoms with van der Waals surface area (Å²) in [5.74, 6) is 1.65. The molecule has 1 atom stereocenters. The average Bonchev–Trinajstić information content (AvgIpc) is 2.44. The summed E-state index contributed by atoms with van der Waals surface area (Å²) in [5, 5.41) is 0.653. The predicted molar refractivity (Wildman–Crippen MR) is 84.5 cm³/mol. The van der Waals surface area contributed by atoms with Crippen LogP contribution in [0.1, 0.15) is 5.56 Å². The van der Waals surface area contributed by atoms with E-state index in [1.54, 1.807) is 30.3 Å². The molecule has 2 rings (SSSR count). The molecule has 106 valence electrons. The Morgan fingerprint density at radius 1 is 1.10 bits per heavy atom. The highest BCUT2D eigenvalue weighted by Crippen LogP contribution is 2.17. The Balaban J connectivity index is 1.78. The molecule has 3 nitrogen and oxygen atoms in total. The van der Waals surface area contributed by atoms with Gasteiger partial charge in [0.05, 0.1) is 18.1 Å². The van der Waals surface area contributed by atoms with Crippen molar-refractivity contribution in [3.05, 3.63) is 59.1 Å². The number of hydrogen-bond acceptors (Lipinski definition) is 3. The minimum absolute atomic E-state index is 0.404. The first-order chi connectivity index (χ1) is 9.65. The van der Waals surface area contributed by atoms with Crippen LogP contribution >= 0.6 is 11.6 Å². The summed E-state index contributed by atoms with van der Waals surface area (Å²) in [5.41, 5.74) is 7.18. The summed E-state index contributed by atoms with van der Waals surface area (Å²) in [6.45, 7) is 0.404. The molecule has 0 amide bonds. The van der Waals surface area contributed by atoms with E-state index in [0.29, 0.717) is 28.8 Å². The van der Waals surface area contributed by atoms with Crippen LogP contribution in [-0.2, 0) is 16.6 Å². The van der Waals surface area contributed by atoms with E-state index in [9.17, 15) is 4.21 Å². The van der Waals surface area contributed by atoms with Crippen molar-refractivity contribution in [1.29, 1.82) is 0 Å². The lowest BCUT2D eigenvalue weighted by atomic mass is 10.2. The van der Waals surface area contributed by atoms with Crippen molar-refractivity contribution in [2.24, 2.45) is 0 Å². The van der Waals surface area contributed by atoms with E-state index in [2.05, 4.69) is 0 Å². The summed E-state index contributed by atoms with van der Waals surface area (Å²) < 4.78 is 17.5. The van der Waals surface area contributed by atoms with Crippen molar-refractivity contribution in [2.75, 3.05) is 18.1 Å². The summed E-state index contributed by atoms with van der Waals surface area (Å²) in [7, 11) is -0.993. The van der Waals surface area contributed by atoms with Crippen molar-refractivity contribution >= 4 is 28.1 Å². The zero-order valence-corrected chi connectivity index (χ0v) is 12.5. The molecule has 20 heavy (non-hydrogen) atoms. The maximum Gasteiger partial charge on any atom is 0.119 e. The van der Waals surface area contributed by atoms with Gasteiger partial charge in [0.25, 0.3) is 0 Å². The molecule has 0 aliphatic heterocycles. The fraction of sp³-hybridized carbons (Fsp3) is 0.200. The van der Waals surface area contributed by atoms with Gasteiger partial charge in [-0.3, -0.25) is 4.21 Å². The largest absolute Gasteiger partial charge is 0.493 e. The number of anilines is 1.